The van der Waals surface area contributed by atoms with Crippen molar-refractivity contribution in [3.8, 4) is 5.75 Å². The first-order valence-corrected chi connectivity index (χ1v) is 7.16. The average Bonchev–Trinajstić information content (AvgIpc) is 2.35. The Kier molecular flexibility index (Phi) is 7.06. The lowest BCUT2D eigenvalue weighted by atomic mass is 10.1. The zero-order valence-corrected chi connectivity index (χ0v) is 12.3. The maximum atomic E-state index is 5.91. The molecule has 1 rings (SSSR count). The summed E-state index contributed by atoms with van der Waals surface area (Å²) in [6.07, 6.45) is 6.06. The Balaban J connectivity index is 2.44. The molecule has 0 aliphatic carbocycles. The van der Waals surface area contributed by atoms with Crippen LogP contribution in [-0.4, -0.2) is 11.6 Å². The van der Waals surface area contributed by atoms with E-state index in [0.29, 0.717) is 22.2 Å². The van der Waals surface area contributed by atoms with E-state index in [2.05, 4.69) is 6.92 Å². The van der Waals surface area contributed by atoms with Crippen LogP contribution in [0.3, 0.4) is 0 Å². The molecular weight excluding hydrogens is 266 g/mol. The van der Waals surface area contributed by atoms with Gasteiger partial charge in [-0.05, 0) is 24.6 Å². The van der Waals surface area contributed by atoms with Crippen LogP contribution in [0.5, 0.6) is 5.75 Å². The number of hydrogen-bond acceptors (Lipinski definition) is 2. The number of hydrogen-bond donors (Lipinski definition) is 1. The van der Waals surface area contributed by atoms with Crippen molar-refractivity contribution in [2.75, 3.05) is 6.61 Å². The number of unbranched alkanes of at least 4 members (excludes halogenated alkanes) is 4. The van der Waals surface area contributed by atoms with Gasteiger partial charge in [0.15, 0.2) is 0 Å². The van der Waals surface area contributed by atoms with E-state index < -0.39 is 0 Å². The molecule has 0 spiro atoms. The summed E-state index contributed by atoms with van der Waals surface area (Å²) < 4.78 is 5.71. The van der Waals surface area contributed by atoms with Crippen molar-refractivity contribution in [3.63, 3.8) is 0 Å². The lowest BCUT2D eigenvalue weighted by Crippen LogP contribution is -2.12. The van der Waals surface area contributed by atoms with Crippen LogP contribution in [0.15, 0.2) is 18.2 Å². The van der Waals surface area contributed by atoms with Crippen molar-refractivity contribution < 1.29 is 4.74 Å². The minimum Gasteiger partial charge on any atom is -0.493 e. The smallest absolute Gasteiger partial charge is 0.129 e. The third-order valence-electron chi connectivity index (χ3n) is 2.71. The van der Waals surface area contributed by atoms with Crippen molar-refractivity contribution in [3.05, 3.63) is 28.8 Å². The van der Waals surface area contributed by atoms with E-state index in [9.17, 15) is 0 Å². The van der Waals surface area contributed by atoms with Gasteiger partial charge < -0.3 is 10.5 Å². The van der Waals surface area contributed by atoms with Crippen LogP contribution >= 0.6 is 23.8 Å². The third kappa shape index (κ3) is 5.23. The van der Waals surface area contributed by atoms with Crippen LogP contribution in [0.25, 0.3) is 0 Å². The van der Waals surface area contributed by atoms with Gasteiger partial charge in [-0.3, -0.25) is 0 Å². The van der Waals surface area contributed by atoms with E-state index >= 15 is 0 Å². The predicted molar refractivity (Wildman–Crippen MR) is 81.6 cm³/mol. The van der Waals surface area contributed by atoms with Gasteiger partial charge in [-0.2, -0.15) is 0 Å². The van der Waals surface area contributed by atoms with E-state index in [1.54, 1.807) is 12.1 Å². The van der Waals surface area contributed by atoms with Gasteiger partial charge in [0.25, 0.3) is 0 Å². The molecule has 0 saturated heterocycles. The molecule has 0 saturated carbocycles. The van der Waals surface area contributed by atoms with Gasteiger partial charge in [-0.1, -0.05) is 56.4 Å². The summed E-state index contributed by atoms with van der Waals surface area (Å²) in [5, 5.41) is 0.619. The van der Waals surface area contributed by atoms with Gasteiger partial charge in [-0.15, -0.1) is 0 Å². The Morgan fingerprint density at radius 3 is 2.67 bits per heavy atom. The molecule has 100 valence electrons. The van der Waals surface area contributed by atoms with E-state index in [-0.39, 0.29) is 0 Å². The molecule has 18 heavy (non-hydrogen) atoms. The van der Waals surface area contributed by atoms with Crippen LogP contribution in [0, 0.1) is 0 Å². The number of nitrogens with two attached hydrogens (primary N) is 1. The molecule has 0 heterocycles. The molecule has 4 heteroatoms. The minimum atomic E-state index is 0.318. The van der Waals surface area contributed by atoms with Crippen molar-refractivity contribution >= 4 is 28.8 Å². The molecule has 2 nitrogen and oxygen atoms in total. The van der Waals surface area contributed by atoms with Crippen molar-refractivity contribution in [1.29, 1.82) is 0 Å². The van der Waals surface area contributed by atoms with Gasteiger partial charge in [0, 0.05) is 5.02 Å². The fraction of sp³-hybridized carbons (Fsp3) is 0.500. The monoisotopic (exact) mass is 285 g/mol. The second-order valence-electron chi connectivity index (χ2n) is 4.27. The molecule has 0 radical (unpaired) electrons. The minimum absolute atomic E-state index is 0.318. The first-order valence-electron chi connectivity index (χ1n) is 6.37. The zero-order chi connectivity index (χ0) is 13.4. The molecular formula is C14H20ClNOS. The fourth-order valence-electron chi connectivity index (χ4n) is 1.71. The lowest BCUT2D eigenvalue weighted by molar-refractivity contribution is 0.304. The Morgan fingerprint density at radius 2 is 2.00 bits per heavy atom. The maximum Gasteiger partial charge on any atom is 0.129 e. The van der Waals surface area contributed by atoms with Crippen molar-refractivity contribution in [2.45, 2.75) is 39.0 Å². The van der Waals surface area contributed by atoms with E-state index in [0.717, 1.165) is 12.2 Å². The fourth-order valence-corrected chi connectivity index (χ4v) is 2.04. The standard InChI is InChI=1S/C14H20ClNOS/c1-2-3-4-5-6-9-17-13-8-7-11(15)10-12(13)14(16)18/h7-8,10H,2-6,9H2,1H3,(H2,16,18). The van der Waals surface area contributed by atoms with Gasteiger partial charge in [0.2, 0.25) is 0 Å². The molecule has 1 aromatic carbocycles. The van der Waals surface area contributed by atoms with Crippen LogP contribution < -0.4 is 10.5 Å². The molecule has 0 atom stereocenters. The van der Waals surface area contributed by atoms with E-state index in [1.165, 1.54) is 25.7 Å². The van der Waals surface area contributed by atoms with E-state index in [1.807, 2.05) is 6.07 Å². The molecule has 0 bridgehead atoms. The topological polar surface area (TPSA) is 35.2 Å². The van der Waals surface area contributed by atoms with Crippen LogP contribution in [0.4, 0.5) is 0 Å². The van der Waals surface area contributed by atoms with E-state index in [4.69, 9.17) is 34.3 Å². The summed E-state index contributed by atoms with van der Waals surface area (Å²) in [5.74, 6) is 0.724. The molecule has 2 N–H and O–H groups in total. The lowest BCUT2D eigenvalue weighted by Gasteiger charge is -2.10. The first kappa shape index (κ1) is 15.3. The number of rotatable bonds is 8. The molecule has 0 amide bonds. The Hall–Kier alpha value is -0.800. The third-order valence-corrected chi connectivity index (χ3v) is 3.17. The number of benzene rings is 1. The van der Waals surface area contributed by atoms with Gasteiger partial charge in [0.05, 0.1) is 12.2 Å². The molecule has 0 aliphatic heterocycles. The highest BCUT2D eigenvalue weighted by molar-refractivity contribution is 7.80. The van der Waals surface area contributed by atoms with Crippen LogP contribution in [0.1, 0.15) is 44.6 Å². The second kappa shape index (κ2) is 8.33. The largest absolute Gasteiger partial charge is 0.493 e. The molecule has 0 fully saturated rings. The predicted octanol–water partition coefficient (Wildman–Crippen LogP) is 4.32. The Bertz CT molecular complexity index is 395. The highest BCUT2D eigenvalue weighted by Crippen LogP contribution is 2.23. The SMILES string of the molecule is CCCCCCCOc1ccc(Cl)cc1C(N)=S. The Labute approximate surface area is 119 Å². The Morgan fingerprint density at radius 1 is 1.28 bits per heavy atom. The summed E-state index contributed by atoms with van der Waals surface area (Å²) in [4.78, 5) is 0.318. The molecule has 0 aromatic heterocycles. The van der Waals surface area contributed by atoms with Crippen LogP contribution in [-0.2, 0) is 0 Å². The molecule has 1 aromatic rings. The number of ether oxygens (including phenoxy) is 1. The second-order valence-corrected chi connectivity index (χ2v) is 5.14. The summed E-state index contributed by atoms with van der Waals surface area (Å²) in [5.41, 5.74) is 6.36. The summed E-state index contributed by atoms with van der Waals surface area (Å²) >= 11 is 10.9. The highest BCUT2D eigenvalue weighted by Gasteiger charge is 2.07. The van der Waals surface area contributed by atoms with Gasteiger partial charge >= 0.3 is 0 Å². The summed E-state index contributed by atoms with van der Waals surface area (Å²) in [6, 6.07) is 5.36. The average molecular weight is 286 g/mol. The maximum absolute atomic E-state index is 5.91. The van der Waals surface area contributed by atoms with Gasteiger partial charge in [-0.25, -0.2) is 0 Å². The first-order chi connectivity index (χ1) is 8.65. The molecule has 0 unspecified atom stereocenters. The quantitative estimate of drug-likeness (QED) is 0.570. The van der Waals surface area contributed by atoms with Crippen molar-refractivity contribution in [1.82, 2.24) is 0 Å². The molecule has 0 aliphatic rings. The number of thiocarbonyl (C=S) groups is 1. The number of halogens is 1. The highest BCUT2D eigenvalue weighted by atomic mass is 35.5. The van der Waals surface area contributed by atoms with Crippen LogP contribution in [0.2, 0.25) is 5.02 Å². The summed E-state index contributed by atoms with van der Waals surface area (Å²) in [6.45, 7) is 2.90. The normalized spacial score (nSPS) is 10.3. The van der Waals surface area contributed by atoms with Gasteiger partial charge in [0.1, 0.15) is 10.7 Å². The summed E-state index contributed by atoms with van der Waals surface area (Å²) in [7, 11) is 0. The van der Waals surface area contributed by atoms with Crippen molar-refractivity contribution in [2.24, 2.45) is 5.73 Å². The zero-order valence-electron chi connectivity index (χ0n) is 10.7.